The predicted octanol–water partition coefficient (Wildman–Crippen LogP) is 1.64. The Labute approximate surface area is 80.4 Å². The monoisotopic (exact) mass is 197 g/mol. The predicted molar refractivity (Wildman–Crippen MR) is 46.3 cm³/mol. The quantitative estimate of drug-likeness (QED) is 0.800. The molecule has 1 aromatic rings. The molecule has 0 aliphatic rings. The fraction of sp³-hybridized carbons (Fsp3) is 0.300. The van der Waals surface area contributed by atoms with Gasteiger partial charge >= 0.3 is 0 Å². The lowest BCUT2D eigenvalue weighted by atomic mass is 10.0. The van der Waals surface area contributed by atoms with Crippen molar-refractivity contribution in [3.8, 4) is 6.07 Å². The van der Waals surface area contributed by atoms with Crippen molar-refractivity contribution < 1.29 is 13.9 Å². The molecule has 0 fully saturated rings. The summed E-state index contributed by atoms with van der Waals surface area (Å²) in [6.07, 6.45) is -0.106. The largest absolute Gasteiger partial charge is 0.395 e. The van der Waals surface area contributed by atoms with Gasteiger partial charge < -0.3 is 5.11 Å². The van der Waals surface area contributed by atoms with Gasteiger partial charge in [-0.15, -0.1) is 0 Å². The molecule has 0 aliphatic heterocycles. The molecule has 0 aromatic heterocycles. The molecule has 74 valence electrons. The molecule has 4 heteroatoms. The summed E-state index contributed by atoms with van der Waals surface area (Å²) in [6, 6.07) is 5.29. The Morgan fingerprint density at radius 1 is 1.36 bits per heavy atom. The van der Waals surface area contributed by atoms with E-state index in [1.165, 1.54) is 6.07 Å². The first-order valence-electron chi connectivity index (χ1n) is 4.12. The first kappa shape index (κ1) is 10.6. The molecular formula is C10H9F2NO. The van der Waals surface area contributed by atoms with E-state index in [9.17, 15) is 8.78 Å². The van der Waals surface area contributed by atoms with Gasteiger partial charge in [0, 0.05) is 5.56 Å². The minimum atomic E-state index is -0.763. The van der Waals surface area contributed by atoms with Gasteiger partial charge in [-0.2, -0.15) is 5.26 Å². The van der Waals surface area contributed by atoms with Crippen LogP contribution in [0.4, 0.5) is 8.78 Å². The van der Waals surface area contributed by atoms with Gasteiger partial charge in [-0.1, -0.05) is 6.07 Å². The minimum Gasteiger partial charge on any atom is -0.395 e. The molecule has 0 spiro atoms. The molecule has 14 heavy (non-hydrogen) atoms. The Hall–Kier alpha value is -1.47. The first-order valence-corrected chi connectivity index (χ1v) is 4.12. The highest BCUT2D eigenvalue weighted by Crippen LogP contribution is 2.16. The Kier molecular flexibility index (Phi) is 3.55. The Morgan fingerprint density at radius 3 is 2.36 bits per heavy atom. The van der Waals surface area contributed by atoms with Gasteiger partial charge in [0.15, 0.2) is 0 Å². The molecule has 0 heterocycles. The molecule has 0 bridgehead atoms. The van der Waals surface area contributed by atoms with Crippen LogP contribution in [-0.2, 0) is 6.42 Å². The number of halogens is 2. The maximum Gasteiger partial charge on any atom is 0.129 e. The third-order valence-corrected chi connectivity index (χ3v) is 1.92. The average Bonchev–Trinajstić information content (AvgIpc) is 2.18. The van der Waals surface area contributed by atoms with Gasteiger partial charge in [-0.25, -0.2) is 8.78 Å². The lowest BCUT2D eigenvalue weighted by Crippen LogP contribution is -2.09. The van der Waals surface area contributed by atoms with E-state index in [-0.39, 0.29) is 12.0 Å². The fourth-order valence-corrected chi connectivity index (χ4v) is 1.12. The molecule has 2 nitrogen and oxygen atoms in total. The summed E-state index contributed by atoms with van der Waals surface area (Å²) in [7, 11) is 0. The van der Waals surface area contributed by atoms with Gasteiger partial charge in [-0.3, -0.25) is 0 Å². The van der Waals surface area contributed by atoms with E-state index in [2.05, 4.69) is 0 Å². The van der Waals surface area contributed by atoms with Crippen molar-refractivity contribution in [3.63, 3.8) is 0 Å². The SMILES string of the molecule is N#CC(CO)Cc1c(F)cccc1F. The second-order valence-corrected chi connectivity index (χ2v) is 2.91. The number of rotatable bonds is 3. The number of hydrogen-bond donors (Lipinski definition) is 1. The summed E-state index contributed by atoms with van der Waals surface area (Å²) in [5.41, 5.74) is -0.145. The third kappa shape index (κ3) is 2.27. The van der Waals surface area contributed by atoms with Gasteiger partial charge in [-0.05, 0) is 18.6 Å². The van der Waals surface area contributed by atoms with Crippen molar-refractivity contribution in [1.82, 2.24) is 0 Å². The summed E-state index contributed by atoms with van der Waals surface area (Å²) >= 11 is 0. The first-order chi connectivity index (χ1) is 6.69. The van der Waals surface area contributed by atoms with Crippen molar-refractivity contribution in [3.05, 3.63) is 35.4 Å². The number of nitriles is 1. The van der Waals surface area contributed by atoms with Crippen molar-refractivity contribution in [1.29, 1.82) is 5.26 Å². The Balaban J connectivity index is 2.91. The van der Waals surface area contributed by atoms with Crippen LogP contribution in [0.3, 0.4) is 0 Å². The summed E-state index contributed by atoms with van der Waals surface area (Å²) in [4.78, 5) is 0. The van der Waals surface area contributed by atoms with Crippen LogP contribution in [0.1, 0.15) is 5.56 Å². The minimum absolute atomic E-state index is 0.106. The molecular weight excluding hydrogens is 188 g/mol. The molecule has 0 amide bonds. The van der Waals surface area contributed by atoms with E-state index >= 15 is 0 Å². The van der Waals surface area contributed by atoms with Crippen LogP contribution in [0.2, 0.25) is 0 Å². The van der Waals surface area contributed by atoms with Gasteiger partial charge in [0.25, 0.3) is 0 Å². The molecule has 0 saturated heterocycles. The van der Waals surface area contributed by atoms with Crippen LogP contribution >= 0.6 is 0 Å². The molecule has 0 radical (unpaired) electrons. The fourth-order valence-electron chi connectivity index (χ4n) is 1.12. The van der Waals surface area contributed by atoms with Crippen molar-refractivity contribution in [2.75, 3.05) is 6.61 Å². The zero-order chi connectivity index (χ0) is 10.6. The molecule has 1 unspecified atom stereocenters. The third-order valence-electron chi connectivity index (χ3n) is 1.92. The molecule has 1 atom stereocenters. The van der Waals surface area contributed by atoms with E-state index in [0.717, 1.165) is 12.1 Å². The zero-order valence-electron chi connectivity index (χ0n) is 7.37. The lowest BCUT2D eigenvalue weighted by Gasteiger charge is -2.07. The smallest absolute Gasteiger partial charge is 0.129 e. The van der Waals surface area contributed by atoms with E-state index in [1.54, 1.807) is 6.07 Å². The highest BCUT2D eigenvalue weighted by atomic mass is 19.1. The van der Waals surface area contributed by atoms with E-state index < -0.39 is 24.2 Å². The highest BCUT2D eigenvalue weighted by molar-refractivity contribution is 5.21. The summed E-state index contributed by atoms with van der Waals surface area (Å²) < 4.78 is 26.1. The summed E-state index contributed by atoms with van der Waals surface area (Å²) in [5.74, 6) is -2.13. The summed E-state index contributed by atoms with van der Waals surface area (Å²) in [6.45, 7) is -0.399. The zero-order valence-corrected chi connectivity index (χ0v) is 7.37. The van der Waals surface area contributed by atoms with E-state index in [4.69, 9.17) is 10.4 Å². The Bertz CT molecular complexity index is 339. The van der Waals surface area contributed by atoms with Crippen molar-refractivity contribution in [2.24, 2.45) is 5.92 Å². The highest BCUT2D eigenvalue weighted by Gasteiger charge is 2.14. The maximum absolute atomic E-state index is 13.1. The molecule has 1 rings (SSSR count). The van der Waals surface area contributed by atoms with E-state index in [0.29, 0.717) is 0 Å². The number of nitrogens with zero attached hydrogens (tertiary/aromatic N) is 1. The van der Waals surface area contributed by atoms with Gasteiger partial charge in [0.2, 0.25) is 0 Å². The molecule has 0 aliphatic carbocycles. The van der Waals surface area contributed by atoms with Crippen molar-refractivity contribution in [2.45, 2.75) is 6.42 Å². The number of hydrogen-bond acceptors (Lipinski definition) is 2. The van der Waals surface area contributed by atoms with Crippen molar-refractivity contribution >= 4 is 0 Å². The molecule has 1 aromatic carbocycles. The maximum atomic E-state index is 13.1. The second-order valence-electron chi connectivity index (χ2n) is 2.91. The molecule has 0 saturated carbocycles. The lowest BCUT2D eigenvalue weighted by molar-refractivity contribution is 0.254. The second kappa shape index (κ2) is 4.68. The van der Waals surface area contributed by atoms with Crippen LogP contribution in [0, 0.1) is 28.9 Å². The number of benzene rings is 1. The van der Waals surface area contributed by atoms with Crippen LogP contribution in [0.15, 0.2) is 18.2 Å². The van der Waals surface area contributed by atoms with Gasteiger partial charge in [0.1, 0.15) is 11.6 Å². The van der Waals surface area contributed by atoms with Gasteiger partial charge in [0.05, 0.1) is 18.6 Å². The topological polar surface area (TPSA) is 44.0 Å². The number of aliphatic hydroxyl groups is 1. The average molecular weight is 197 g/mol. The normalized spacial score (nSPS) is 12.1. The summed E-state index contributed by atoms with van der Waals surface area (Å²) in [5, 5.41) is 17.2. The van der Waals surface area contributed by atoms with E-state index in [1.807, 2.05) is 0 Å². The van der Waals surface area contributed by atoms with Crippen LogP contribution in [-0.4, -0.2) is 11.7 Å². The standard InChI is InChI=1S/C10H9F2NO/c11-9-2-1-3-10(12)8(9)4-7(5-13)6-14/h1-3,7,14H,4,6H2. The van der Waals surface area contributed by atoms with Crippen LogP contribution in [0.25, 0.3) is 0 Å². The van der Waals surface area contributed by atoms with Crippen LogP contribution in [0.5, 0.6) is 0 Å². The number of aliphatic hydroxyl groups excluding tert-OH is 1. The Morgan fingerprint density at radius 2 is 1.93 bits per heavy atom. The van der Waals surface area contributed by atoms with Crippen LogP contribution < -0.4 is 0 Å². The molecule has 1 N–H and O–H groups in total.